The van der Waals surface area contributed by atoms with Crippen molar-refractivity contribution in [2.75, 3.05) is 0 Å². The second kappa shape index (κ2) is 7.44. The summed E-state index contributed by atoms with van der Waals surface area (Å²) >= 11 is 6.30. The summed E-state index contributed by atoms with van der Waals surface area (Å²) in [6.45, 7) is 2.25. The quantitative estimate of drug-likeness (QED) is 0.556. The fourth-order valence-corrected chi connectivity index (χ4v) is 3.18. The Balaban J connectivity index is 1.59. The highest BCUT2D eigenvalue weighted by Crippen LogP contribution is 2.28. The molecule has 3 heterocycles. The lowest BCUT2D eigenvalue weighted by molar-refractivity contribution is 0.0947. The van der Waals surface area contributed by atoms with Gasteiger partial charge in [-0.25, -0.2) is 9.97 Å². The minimum Gasteiger partial charge on any atom is -0.359 e. The van der Waals surface area contributed by atoms with Gasteiger partial charge in [0.2, 0.25) is 0 Å². The molecular formula is C20H18ClN5O2. The molecule has 0 unspecified atom stereocenters. The smallest absolute Gasteiger partial charge is 0.253 e. The van der Waals surface area contributed by atoms with Crippen molar-refractivity contribution in [3.63, 3.8) is 0 Å². The summed E-state index contributed by atoms with van der Waals surface area (Å²) < 4.78 is 7.04. The number of nitrogens with one attached hydrogen (secondary N) is 1. The van der Waals surface area contributed by atoms with E-state index in [0.29, 0.717) is 33.3 Å². The van der Waals surface area contributed by atoms with Crippen LogP contribution in [0.2, 0.25) is 5.02 Å². The molecule has 0 bridgehead atoms. The minimum atomic E-state index is -0.256. The summed E-state index contributed by atoms with van der Waals surface area (Å²) in [4.78, 5) is 21.5. The zero-order valence-corrected chi connectivity index (χ0v) is 16.2. The number of aryl methyl sites for hydroxylation is 2. The molecule has 0 spiro atoms. The van der Waals surface area contributed by atoms with Crippen LogP contribution >= 0.6 is 11.6 Å². The first-order chi connectivity index (χ1) is 13.6. The van der Waals surface area contributed by atoms with E-state index in [9.17, 15) is 4.79 Å². The fourth-order valence-electron chi connectivity index (χ4n) is 2.96. The third-order valence-corrected chi connectivity index (χ3v) is 4.81. The number of pyridine rings is 1. The molecule has 3 aromatic heterocycles. The number of fused-ring (bicyclic) bond motifs is 1. The van der Waals surface area contributed by atoms with Crippen molar-refractivity contribution in [2.24, 2.45) is 7.05 Å². The van der Waals surface area contributed by atoms with Crippen LogP contribution in [0, 0.1) is 0 Å². The van der Waals surface area contributed by atoms with Gasteiger partial charge in [0, 0.05) is 24.9 Å². The Morgan fingerprint density at radius 3 is 2.86 bits per heavy atom. The monoisotopic (exact) mass is 395 g/mol. The number of hydrogen-bond acceptors (Lipinski definition) is 5. The molecule has 0 atom stereocenters. The number of hydrogen-bond donors (Lipinski definition) is 1. The molecular weight excluding hydrogens is 378 g/mol. The molecule has 4 rings (SSSR count). The molecule has 0 saturated carbocycles. The molecule has 7 nitrogen and oxygen atoms in total. The molecule has 1 amide bonds. The van der Waals surface area contributed by atoms with Crippen molar-refractivity contribution < 1.29 is 9.32 Å². The molecule has 28 heavy (non-hydrogen) atoms. The molecule has 0 fully saturated rings. The summed E-state index contributed by atoms with van der Waals surface area (Å²) in [6, 6.07) is 11.0. The van der Waals surface area contributed by atoms with Crippen LogP contribution in [0.25, 0.3) is 22.6 Å². The Morgan fingerprint density at radius 1 is 1.29 bits per heavy atom. The Labute approximate surface area is 166 Å². The number of halogens is 1. The van der Waals surface area contributed by atoms with Crippen molar-refractivity contribution >= 4 is 28.7 Å². The second-order valence-corrected chi connectivity index (χ2v) is 6.77. The van der Waals surface area contributed by atoms with Crippen LogP contribution < -0.4 is 5.32 Å². The molecule has 0 aliphatic heterocycles. The first kappa shape index (κ1) is 18.2. The van der Waals surface area contributed by atoms with Gasteiger partial charge < -0.3 is 14.4 Å². The molecule has 1 N–H and O–H groups in total. The fraction of sp³-hybridized carbons (Fsp3) is 0.200. The van der Waals surface area contributed by atoms with Crippen LogP contribution in [0.3, 0.4) is 0 Å². The third kappa shape index (κ3) is 3.36. The molecule has 0 aliphatic carbocycles. The number of carbonyl (C=O) groups excluding carboxylic acids is 1. The maximum Gasteiger partial charge on any atom is 0.253 e. The van der Waals surface area contributed by atoms with Crippen LogP contribution in [0.1, 0.15) is 28.7 Å². The topological polar surface area (TPSA) is 85.8 Å². The number of benzene rings is 1. The lowest BCUT2D eigenvalue weighted by Gasteiger charge is -2.04. The van der Waals surface area contributed by atoms with Gasteiger partial charge in [-0.1, -0.05) is 35.8 Å². The predicted molar refractivity (Wildman–Crippen MR) is 106 cm³/mol. The highest BCUT2D eigenvalue weighted by atomic mass is 35.5. The van der Waals surface area contributed by atoms with Gasteiger partial charge in [0.05, 0.1) is 22.8 Å². The van der Waals surface area contributed by atoms with E-state index in [1.165, 1.54) is 6.20 Å². The third-order valence-electron chi connectivity index (χ3n) is 4.48. The van der Waals surface area contributed by atoms with E-state index < -0.39 is 0 Å². The maximum absolute atomic E-state index is 12.5. The normalized spacial score (nSPS) is 11.1. The van der Waals surface area contributed by atoms with Crippen molar-refractivity contribution in [3.8, 4) is 11.4 Å². The first-order valence-electron chi connectivity index (χ1n) is 8.87. The van der Waals surface area contributed by atoms with E-state index in [4.69, 9.17) is 16.1 Å². The molecule has 1 aromatic carbocycles. The highest BCUT2D eigenvalue weighted by molar-refractivity contribution is 6.33. The van der Waals surface area contributed by atoms with Crippen LogP contribution in [0.5, 0.6) is 0 Å². The van der Waals surface area contributed by atoms with Gasteiger partial charge in [0.1, 0.15) is 11.3 Å². The van der Waals surface area contributed by atoms with E-state index in [1.807, 2.05) is 48.9 Å². The molecule has 8 heteroatoms. The lowest BCUT2D eigenvalue weighted by atomic mass is 10.2. The summed E-state index contributed by atoms with van der Waals surface area (Å²) in [5, 5.41) is 7.33. The number of imidazole rings is 1. The molecule has 0 saturated heterocycles. The number of aromatic nitrogens is 4. The van der Waals surface area contributed by atoms with Crippen LogP contribution in [0.4, 0.5) is 0 Å². The van der Waals surface area contributed by atoms with Gasteiger partial charge in [-0.2, -0.15) is 0 Å². The Morgan fingerprint density at radius 2 is 2.11 bits per heavy atom. The SMILES string of the molecule is CCc1cc(CNC(=O)c2cnc3c(c2)nc(-c2ccccc2Cl)n3C)on1. The summed E-state index contributed by atoms with van der Waals surface area (Å²) in [7, 11) is 1.87. The zero-order chi connectivity index (χ0) is 19.7. The molecule has 0 radical (unpaired) electrons. The Kier molecular flexibility index (Phi) is 4.83. The Hall–Kier alpha value is -3.19. The van der Waals surface area contributed by atoms with Crippen LogP contribution in [-0.4, -0.2) is 25.6 Å². The van der Waals surface area contributed by atoms with E-state index in [2.05, 4.69) is 20.4 Å². The van der Waals surface area contributed by atoms with E-state index >= 15 is 0 Å². The largest absolute Gasteiger partial charge is 0.359 e. The highest BCUT2D eigenvalue weighted by Gasteiger charge is 2.16. The predicted octanol–water partition coefficient (Wildman–Crippen LogP) is 3.77. The van der Waals surface area contributed by atoms with Crippen molar-refractivity contribution in [2.45, 2.75) is 19.9 Å². The summed E-state index contributed by atoms with van der Waals surface area (Å²) in [5.41, 5.74) is 3.39. The molecule has 0 aliphatic rings. The average Bonchev–Trinajstić information content (AvgIpc) is 3.30. The zero-order valence-electron chi connectivity index (χ0n) is 15.4. The van der Waals surface area contributed by atoms with Gasteiger partial charge in [0.25, 0.3) is 5.91 Å². The number of nitrogens with zero attached hydrogens (tertiary/aromatic N) is 4. The summed E-state index contributed by atoms with van der Waals surface area (Å²) in [6.07, 6.45) is 2.32. The van der Waals surface area contributed by atoms with Crippen molar-refractivity contribution in [3.05, 3.63) is 64.6 Å². The van der Waals surface area contributed by atoms with Gasteiger partial charge >= 0.3 is 0 Å². The van der Waals surface area contributed by atoms with E-state index in [1.54, 1.807) is 6.07 Å². The molecule has 4 aromatic rings. The lowest BCUT2D eigenvalue weighted by Crippen LogP contribution is -2.22. The standard InChI is InChI=1S/C20H18ClN5O2/c1-3-13-9-14(28-25-13)11-23-20(27)12-8-17-19(22-10-12)26(2)18(24-17)15-6-4-5-7-16(15)21/h4-10H,3,11H2,1-2H3,(H,23,27). The van der Waals surface area contributed by atoms with E-state index in [0.717, 1.165) is 17.7 Å². The van der Waals surface area contributed by atoms with Crippen LogP contribution in [-0.2, 0) is 20.0 Å². The van der Waals surface area contributed by atoms with Gasteiger partial charge in [-0.3, -0.25) is 4.79 Å². The van der Waals surface area contributed by atoms with Gasteiger partial charge in [-0.15, -0.1) is 0 Å². The average molecular weight is 396 g/mol. The minimum absolute atomic E-state index is 0.256. The second-order valence-electron chi connectivity index (χ2n) is 6.36. The first-order valence-corrected chi connectivity index (χ1v) is 9.24. The Bertz CT molecular complexity index is 1160. The number of rotatable bonds is 5. The molecule has 142 valence electrons. The number of amides is 1. The van der Waals surface area contributed by atoms with E-state index in [-0.39, 0.29) is 12.5 Å². The van der Waals surface area contributed by atoms with Gasteiger partial charge in [-0.05, 0) is 24.6 Å². The van der Waals surface area contributed by atoms with Crippen molar-refractivity contribution in [1.82, 2.24) is 25.0 Å². The van der Waals surface area contributed by atoms with Gasteiger partial charge in [0.15, 0.2) is 11.4 Å². The number of carbonyl (C=O) groups is 1. The summed E-state index contributed by atoms with van der Waals surface area (Å²) in [5.74, 6) is 1.05. The maximum atomic E-state index is 12.5. The van der Waals surface area contributed by atoms with Crippen LogP contribution in [0.15, 0.2) is 47.1 Å². The van der Waals surface area contributed by atoms with Crippen molar-refractivity contribution in [1.29, 1.82) is 0 Å².